The van der Waals surface area contributed by atoms with Crippen molar-refractivity contribution in [3.8, 4) is 23.0 Å². The number of ether oxygens (including phenoxy) is 4. The van der Waals surface area contributed by atoms with Crippen molar-refractivity contribution in [1.29, 1.82) is 0 Å². The van der Waals surface area contributed by atoms with Gasteiger partial charge in [-0.2, -0.15) is 0 Å². The van der Waals surface area contributed by atoms with Gasteiger partial charge in [-0.25, -0.2) is 0 Å². The fourth-order valence-electron chi connectivity index (χ4n) is 3.62. The van der Waals surface area contributed by atoms with E-state index in [9.17, 15) is 4.79 Å². The number of unbranched alkanes of at least 4 members (excludes halogenated alkanes) is 6. The van der Waals surface area contributed by atoms with Gasteiger partial charge in [-0.15, -0.1) is 5.30 Å². The summed E-state index contributed by atoms with van der Waals surface area (Å²) in [6.07, 6.45) is 9.48. The van der Waals surface area contributed by atoms with Gasteiger partial charge in [0.2, 0.25) is 0 Å². The molecule has 37 heavy (non-hydrogen) atoms. The second-order valence-electron chi connectivity index (χ2n) is 8.67. The third kappa shape index (κ3) is 11.5. The largest absolute Gasteiger partial charge is 1.00 e. The summed E-state index contributed by atoms with van der Waals surface area (Å²) in [5, 5.41) is 1.05. The maximum atomic E-state index is 13.5. The van der Waals surface area contributed by atoms with Crippen LogP contribution in [0, 0.1) is 0 Å². The molecule has 0 heterocycles. The van der Waals surface area contributed by atoms with Gasteiger partial charge >= 0.3 is 18.9 Å². The number of methoxy groups -OCH3 is 1. The molecule has 2 aromatic carbocycles. The molecule has 0 spiro atoms. The van der Waals surface area contributed by atoms with Crippen molar-refractivity contribution in [3.05, 3.63) is 40.9 Å². The SMILES string of the molecule is CCCCCOc1cc(OCCCCC)c([P-]C(=O)c2c(Cl)cccc2OC)c(OCCCCC)c1.[Li+]. The van der Waals surface area contributed by atoms with Gasteiger partial charge in [0.25, 0.3) is 0 Å². The average Bonchev–Trinajstić information content (AvgIpc) is 2.88. The van der Waals surface area contributed by atoms with Crippen molar-refractivity contribution in [2.75, 3.05) is 26.9 Å². The molecule has 0 unspecified atom stereocenters. The molecule has 0 aliphatic heterocycles. The van der Waals surface area contributed by atoms with Gasteiger partial charge in [0.1, 0.15) is 11.5 Å². The molecule has 2 aromatic rings. The van der Waals surface area contributed by atoms with Crippen molar-refractivity contribution in [2.24, 2.45) is 0 Å². The Balaban J connectivity index is 0.00000684. The molecule has 2 rings (SSSR count). The third-order valence-electron chi connectivity index (χ3n) is 5.66. The van der Waals surface area contributed by atoms with E-state index in [1.807, 2.05) is 12.1 Å². The quantitative estimate of drug-likeness (QED) is 0.134. The molecule has 200 valence electrons. The second kappa shape index (κ2) is 19.7. The molecule has 0 atom stereocenters. The Morgan fingerprint density at radius 2 is 1.30 bits per heavy atom. The van der Waals surface area contributed by atoms with Gasteiger partial charge in [-0.05, 0) is 31.4 Å². The van der Waals surface area contributed by atoms with Crippen LogP contribution in [0.1, 0.15) is 88.9 Å². The summed E-state index contributed by atoms with van der Waals surface area (Å²) in [5.74, 6) is 2.38. The standard InChI is InChI=1S/C29H41ClO5P.Li/c1-5-8-11-17-33-22-20-25(34-18-12-9-6-2)28(26(21-22)35-19-13-10-7-3)36-29(31)27-23(30)15-14-16-24(27)32-4;/h14-16,20-21H,5-13,17-19H2,1-4H3;/q-1;+1. The van der Waals surface area contributed by atoms with E-state index in [1.165, 1.54) is 7.11 Å². The fraction of sp³-hybridized carbons (Fsp3) is 0.552. The summed E-state index contributed by atoms with van der Waals surface area (Å²) in [6, 6.07) is 8.98. The minimum Gasteiger partial charge on any atom is -0.496 e. The van der Waals surface area contributed by atoms with E-state index >= 15 is 0 Å². The van der Waals surface area contributed by atoms with E-state index in [0.29, 0.717) is 67.3 Å². The Hall–Kier alpha value is -1.37. The number of carbonyl (C=O) groups excluding carboxylic acids is 1. The number of carbonyl (C=O) groups is 1. The van der Waals surface area contributed by atoms with E-state index in [1.54, 1.807) is 18.2 Å². The fourth-order valence-corrected chi connectivity index (χ4v) is 4.96. The van der Waals surface area contributed by atoms with Crippen molar-refractivity contribution < 1.29 is 42.6 Å². The molecule has 0 fully saturated rings. The zero-order valence-electron chi connectivity index (χ0n) is 23.2. The minimum atomic E-state index is -0.175. The minimum absolute atomic E-state index is 0. The molecule has 5 nitrogen and oxygen atoms in total. The zero-order valence-corrected chi connectivity index (χ0v) is 24.9. The molecule has 0 bridgehead atoms. The Labute approximate surface area is 242 Å². The second-order valence-corrected chi connectivity index (χ2v) is 10.2. The smallest absolute Gasteiger partial charge is 0.496 e. The van der Waals surface area contributed by atoms with Crippen molar-refractivity contribution >= 4 is 31.0 Å². The summed E-state index contributed by atoms with van der Waals surface area (Å²) in [5.41, 5.74) is 0.183. The van der Waals surface area contributed by atoms with Crippen LogP contribution in [0.15, 0.2) is 30.3 Å². The summed E-state index contributed by atoms with van der Waals surface area (Å²) in [4.78, 5) is 13.5. The number of hydrogen-bond donors (Lipinski definition) is 0. The van der Waals surface area contributed by atoms with Crippen LogP contribution in [0.5, 0.6) is 23.0 Å². The summed E-state index contributed by atoms with van der Waals surface area (Å²) < 4.78 is 23.9. The van der Waals surface area contributed by atoms with E-state index in [2.05, 4.69) is 20.8 Å². The number of rotatable bonds is 19. The van der Waals surface area contributed by atoms with Crippen molar-refractivity contribution in [1.82, 2.24) is 0 Å². The predicted molar refractivity (Wildman–Crippen MR) is 150 cm³/mol. The molecule has 0 aromatic heterocycles. The maximum Gasteiger partial charge on any atom is 1.00 e. The molecule has 0 radical (unpaired) electrons. The topological polar surface area (TPSA) is 54.0 Å². The Bertz CT molecular complexity index is 908. The van der Waals surface area contributed by atoms with Gasteiger partial charge in [-0.1, -0.05) is 77.0 Å². The summed E-state index contributed by atoms with van der Waals surface area (Å²) >= 11 is 6.41. The van der Waals surface area contributed by atoms with Gasteiger partial charge < -0.3 is 32.3 Å². The summed E-state index contributed by atoms with van der Waals surface area (Å²) in [7, 11) is 1.94. The molecule has 0 saturated heterocycles. The van der Waals surface area contributed by atoms with Crippen LogP contribution in [-0.4, -0.2) is 32.5 Å². The van der Waals surface area contributed by atoms with Crippen molar-refractivity contribution in [2.45, 2.75) is 78.6 Å². The van der Waals surface area contributed by atoms with Gasteiger partial charge in [0, 0.05) is 23.2 Å². The Morgan fingerprint density at radius 3 is 1.78 bits per heavy atom. The molecule has 0 N–H and O–H groups in total. The van der Waals surface area contributed by atoms with E-state index in [0.717, 1.165) is 57.8 Å². The first kappa shape index (κ1) is 33.7. The first-order valence-electron chi connectivity index (χ1n) is 13.2. The van der Waals surface area contributed by atoms with E-state index in [-0.39, 0.29) is 24.4 Å². The van der Waals surface area contributed by atoms with Crippen LogP contribution in [-0.2, 0) is 0 Å². The van der Waals surface area contributed by atoms with Crippen LogP contribution in [0.25, 0.3) is 0 Å². The molecular weight excluding hydrogens is 502 g/mol. The molecule has 0 saturated carbocycles. The summed E-state index contributed by atoms with van der Waals surface area (Å²) in [6.45, 7) is 8.25. The molecule has 0 amide bonds. The zero-order chi connectivity index (χ0) is 26.2. The number of halogens is 1. The van der Waals surface area contributed by atoms with Gasteiger partial charge in [0.05, 0.1) is 43.5 Å². The van der Waals surface area contributed by atoms with Crippen molar-refractivity contribution in [3.63, 3.8) is 0 Å². The van der Waals surface area contributed by atoms with Gasteiger partial charge in [-0.3, -0.25) is 0 Å². The van der Waals surface area contributed by atoms with Crippen LogP contribution in [0.3, 0.4) is 0 Å². The van der Waals surface area contributed by atoms with Crippen LogP contribution < -0.4 is 43.1 Å². The number of hydrogen-bond acceptors (Lipinski definition) is 5. The Kier molecular flexibility index (Phi) is 17.9. The monoisotopic (exact) mass is 542 g/mol. The normalized spacial score (nSPS) is 10.8. The van der Waals surface area contributed by atoms with E-state index in [4.69, 9.17) is 30.5 Å². The molecular formula is C29H41ClLiO5P. The van der Waals surface area contributed by atoms with E-state index < -0.39 is 0 Å². The average molecular weight is 543 g/mol. The third-order valence-corrected chi connectivity index (χ3v) is 7.07. The molecule has 0 aliphatic carbocycles. The van der Waals surface area contributed by atoms with Crippen LogP contribution in [0.4, 0.5) is 0 Å². The Morgan fingerprint density at radius 1 is 0.784 bits per heavy atom. The first-order valence-corrected chi connectivity index (χ1v) is 14.5. The number of benzene rings is 2. The predicted octanol–water partition coefficient (Wildman–Crippen LogP) is 5.47. The first-order chi connectivity index (χ1) is 17.5. The maximum absolute atomic E-state index is 13.5. The van der Waals surface area contributed by atoms with Gasteiger partial charge in [0.15, 0.2) is 0 Å². The van der Waals surface area contributed by atoms with Crippen LogP contribution in [0.2, 0.25) is 5.02 Å². The molecule has 8 heteroatoms. The van der Waals surface area contributed by atoms with Crippen LogP contribution >= 0.6 is 20.2 Å². The molecule has 0 aliphatic rings.